The van der Waals surface area contributed by atoms with Crippen LogP contribution in [0.3, 0.4) is 0 Å². The van der Waals surface area contributed by atoms with Gasteiger partial charge in [-0.2, -0.15) is 0 Å². The number of pyridine rings is 1. The molecule has 1 rings (SSSR count). The Bertz CT molecular complexity index is 443. The lowest BCUT2D eigenvalue weighted by Gasteiger charge is -2.38. The number of hydrogen-bond donors (Lipinski definition) is 2. The van der Waals surface area contributed by atoms with E-state index < -0.39 is 18.3 Å². The molecule has 1 aromatic rings. The summed E-state index contributed by atoms with van der Waals surface area (Å²) in [6, 6.07) is 3.39. The fourth-order valence-electron chi connectivity index (χ4n) is 1.40. The third-order valence-corrected chi connectivity index (χ3v) is 3.29. The first-order valence-corrected chi connectivity index (χ1v) is 6.74. The number of nitrogens with zero attached hydrogens (tertiary/aromatic N) is 1. The van der Waals surface area contributed by atoms with Gasteiger partial charge in [0.05, 0.1) is 17.3 Å². The van der Waals surface area contributed by atoms with E-state index in [9.17, 15) is 10.1 Å². The molecule has 6 heteroatoms. The summed E-state index contributed by atoms with van der Waals surface area (Å²) < 4.78 is 11.1. The molecule has 0 spiro atoms. The lowest BCUT2D eigenvalue weighted by atomic mass is 9.77. The van der Waals surface area contributed by atoms with Crippen LogP contribution in [0.15, 0.2) is 18.3 Å². The normalized spacial score (nSPS) is 12.7. The Morgan fingerprint density at radius 3 is 2.35 bits per heavy atom. The molecule has 0 amide bonds. The molecule has 0 fully saturated rings. The van der Waals surface area contributed by atoms with Crippen molar-refractivity contribution in [2.24, 2.45) is 0 Å². The summed E-state index contributed by atoms with van der Waals surface area (Å²) >= 11 is 0. The largest absolute Gasteiger partial charge is 0.497 e. The van der Waals surface area contributed by atoms with Gasteiger partial charge in [0.2, 0.25) is 5.88 Å². The van der Waals surface area contributed by atoms with Crippen LogP contribution in [0.4, 0.5) is 0 Å². The highest BCUT2D eigenvalue weighted by molar-refractivity contribution is 6.61. The molecule has 0 aliphatic rings. The van der Waals surface area contributed by atoms with Gasteiger partial charge in [0.1, 0.15) is 0 Å². The van der Waals surface area contributed by atoms with Crippen molar-refractivity contribution in [1.82, 2.24) is 4.98 Å². The minimum atomic E-state index is -1.22. The van der Waals surface area contributed by atoms with Crippen molar-refractivity contribution in [2.45, 2.75) is 58.8 Å². The Morgan fingerprint density at radius 1 is 1.25 bits per heavy atom. The van der Waals surface area contributed by atoms with Gasteiger partial charge in [-0.05, 0) is 47.6 Å². The van der Waals surface area contributed by atoms with Gasteiger partial charge in [-0.25, -0.2) is 4.98 Å². The van der Waals surface area contributed by atoms with Crippen molar-refractivity contribution in [1.29, 1.82) is 0 Å². The Labute approximate surface area is 121 Å². The molecule has 1 heterocycles. The van der Waals surface area contributed by atoms with Crippen LogP contribution in [0.2, 0.25) is 0 Å². The van der Waals surface area contributed by atoms with Gasteiger partial charge in [0.25, 0.3) is 0 Å². The van der Waals surface area contributed by atoms with Crippen molar-refractivity contribution in [3.63, 3.8) is 0 Å². The van der Waals surface area contributed by atoms with Crippen molar-refractivity contribution >= 4 is 12.6 Å². The summed E-state index contributed by atoms with van der Waals surface area (Å²) in [5.74, 6) is 0.335. The Balaban J connectivity index is 2.96. The average molecular weight is 281 g/mol. The number of aliphatic hydroxyl groups is 1. The van der Waals surface area contributed by atoms with Crippen molar-refractivity contribution in [3.05, 3.63) is 18.3 Å². The smallest absolute Gasteiger partial charge is 0.475 e. The molecule has 0 atom stereocenters. The first kappa shape index (κ1) is 16.9. The summed E-state index contributed by atoms with van der Waals surface area (Å²) in [6.07, 6.45) is 1.54. The minimum absolute atomic E-state index is 0.0573. The molecule has 1 aromatic heterocycles. The van der Waals surface area contributed by atoms with Gasteiger partial charge in [0, 0.05) is 11.7 Å². The molecule has 0 aromatic carbocycles. The molecule has 112 valence electrons. The summed E-state index contributed by atoms with van der Waals surface area (Å²) in [7, 11) is -1.22. The molecule has 2 N–H and O–H groups in total. The van der Waals surface area contributed by atoms with E-state index in [1.165, 1.54) is 0 Å². The topological polar surface area (TPSA) is 71.8 Å². The van der Waals surface area contributed by atoms with E-state index in [1.54, 1.807) is 46.0 Å². The summed E-state index contributed by atoms with van der Waals surface area (Å²) in [4.78, 5) is 4.11. The number of ether oxygens (including phenoxy) is 1. The summed E-state index contributed by atoms with van der Waals surface area (Å²) in [5, 5.41) is 20.3. The minimum Gasteiger partial charge on any atom is -0.475 e. The van der Waals surface area contributed by atoms with Crippen LogP contribution in [0.5, 0.6) is 5.88 Å². The lowest BCUT2D eigenvalue weighted by Crippen LogP contribution is -2.53. The quantitative estimate of drug-likeness (QED) is 0.765. The molecule has 0 radical (unpaired) electrons. The molecule has 0 aliphatic heterocycles. The first-order chi connectivity index (χ1) is 9.04. The third-order valence-electron chi connectivity index (χ3n) is 3.29. The SMILES string of the molecule is CC(C)Oc1ncccc1B(O)OC(C)(C)C(C)(C)O. The standard InChI is InChI=1S/C14H24BNO4/c1-10(2)19-12-11(8-7-9-16-12)15(18)20-14(5,6)13(3,4)17/h7-10,17-18H,1-6H3. The monoisotopic (exact) mass is 281 g/mol. The summed E-state index contributed by atoms with van der Waals surface area (Å²) in [5.41, 5.74) is -1.59. The highest BCUT2D eigenvalue weighted by Crippen LogP contribution is 2.25. The molecule has 20 heavy (non-hydrogen) atoms. The first-order valence-electron chi connectivity index (χ1n) is 6.74. The van der Waals surface area contributed by atoms with Crippen molar-refractivity contribution in [2.75, 3.05) is 0 Å². The molecule has 0 aliphatic carbocycles. The maximum absolute atomic E-state index is 10.3. The second-order valence-corrected chi connectivity index (χ2v) is 6.10. The van der Waals surface area contributed by atoms with Crippen LogP contribution in [0, 0.1) is 0 Å². The van der Waals surface area contributed by atoms with Gasteiger partial charge in [-0.15, -0.1) is 0 Å². The zero-order valence-electron chi connectivity index (χ0n) is 13.0. The molecular weight excluding hydrogens is 257 g/mol. The number of aromatic nitrogens is 1. The zero-order valence-corrected chi connectivity index (χ0v) is 13.0. The number of rotatable bonds is 6. The zero-order chi connectivity index (χ0) is 15.6. The highest BCUT2D eigenvalue weighted by Gasteiger charge is 2.40. The van der Waals surface area contributed by atoms with Crippen molar-refractivity contribution < 1.29 is 19.5 Å². The van der Waals surface area contributed by atoms with E-state index in [1.807, 2.05) is 13.8 Å². The molecule has 0 bridgehead atoms. The van der Waals surface area contributed by atoms with Gasteiger partial charge in [-0.3, -0.25) is 0 Å². The maximum atomic E-state index is 10.3. The Hall–Kier alpha value is -1.11. The second kappa shape index (κ2) is 6.12. The lowest BCUT2D eigenvalue weighted by molar-refractivity contribution is -0.0983. The van der Waals surface area contributed by atoms with Gasteiger partial charge in [0.15, 0.2) is 0 Å². The van der Waals surface area contributed by atoms with Crippen LogP contribution in [-0.2, 0) is 4.65 Å². The van der Waals surface area contributed by atoms with Gasteiger partial charge < -0.3 is 19.5 Å². The Kier molecular flexibility index (Phi) is 5.18. The third kappa shape index (κ3) is 4.20. The fourth-order valence-corrected chi connectivity index (χ4v) is 1.40. The molecule has 0 unspecified atom stereocenters. The fraction of sp³-hybridized carbons (Fsp3) is 0.643. The van der Waals surface area contributed by atoms with E-state index in [0.717, 1.165) is 0 Å². The van der Waals surface area contributed by atoms with E-state index >= 15 is 0 Å². The average Bonchev–Trinajstić information content (AvgIpc) is 2.26. The van der Waals surface area contributed by atoms with Crippen LogP contribution in [-0.4, -0.2) is 39.5 Å². The van der Waals surface area contributed by atoms with E-state index in [0.29, 0.717) is 11.3 Å². The van der Waals surface area contributed by atoms with Gasteiger partial charge >= 0.3 is 7.12 Å². The molecule has 0 saturated heterocycles. The summed E-state index contributed by atoms with van der Waals surface area (Å²) in [6.45, 7) is 10.5. The second-order valence-electron chi connectivity index (χ2n) is 6.10. The van der Waals surface area contributed by atoms with Crippen LogP contribution in [0.1, 0.15) is 41.5 Å². The van der Waals surface area contributed by atoms with E-state index in [4.69, 9.17) is 9.39 Å². The van der Waals surface area contributed by atoms with E-state index in [2.05, 4.69) is 4.98 Å². The highest BCUT2D eigenvalue weighted by atomic mass is 16.6. The van der Waals surface area contributed by atoms with E-state index in [-0.39, 0.29) is 6.10 Å². The van der Waals surface area contributed by atoms with Crippen LogP contribution >= 0.6 is 0 Å². The molecular formula is C14H24BNO4. The van der Waals surface area contributed by atoms with Crippen molar-refractivity contribution in [3.8, 4) is 5.88 Å². The van der Waals surface area contributed by atoms with Crippen LogP contribution < -0.4 is 10.2 Å². The van der Waals surface area contributed by atoms with Gasteiger partial charge in [-0.1, -0.05) is 6.07 Å². The predicted octanol–water partition coefficient (Wildman–Crippen LogP) is 1.12. The predicted molar refractivity (Wildman–Crippen MR) is 79.1 cm³/mol. The molecule has 0 saturated carbocycles. The van der Waals surface area contributed by atoms with Crippen LogP contribution in [0.25, 0.3) is 0 Å². The maximum Gasteiger partial charge on any atom is 0.497 e. The molecule has 5 nitrogen and oxygen atoms in total. The Morgan fingerprint density at radius 2 is 1.85 bits per heavy atom. The number of hydrogen-bond acceptors (Lipinski definition) is 5.